The Balaban J connectivity index is 2.66. The third-order valence-corrected chi connectivity index (χ3v) is 1.93. The van der Waals surface area contributed by atoms with Gasteiger partial charge in [0.15, 0.2) is 5.11 Å². The Morgan fingerprint density at radius 3 is 2.93 bits per heavy atom. The van der Waals surface area contributed by atoms with Crippen LogP contribution in [0.25, 0.3) is 0 Å². The molecule has 0 unspecified atom stereocenters. The van der Waals surface area contributed by atoms with E-state index >= 15 is 0 Å². The van der Waals surface area contributed by atoms with Crippen LogP contribution in [0.3, 0.4) is 0 Å². The second-order valence-electron chi connectivity index (χ2n) is 2.63. The van der Waals surface area contributed by atoms with E-state index in [0.717, 1.165) is 11.3 Å². The van der Waals surface area contributed by atoms with Crippen molar-refractivity contribution in [3.8, 4) is 0 Å². The monoisotopic (exact) mass is 208 g/mol. The van der Waals surface area contributed by atoms with Crippen molar-refractivity contribution >= 4 is 23.0 Å². The van der Waals surface area contributed by atoms with Gasteiger partial charge < -0.3 is 5.32 Å². The fourth-order valence-corrected chi connectivity index (χ4v) is 0.877. The zero-order valence-electron chi connectivity index (χ0n) is 8.11. The third kappa shape index (κ3) is 3.10. The molecule has 0 aliphatic heterocycles. The Labute approximate surface area is 88.4 Å². The summed E-state index contributed by atoms with van der Waals surface area (Å²) in [5.74, 6) is 0. The highest BCUT2D eigenvalue weighted by molar-refractivity contribution is 7.80. The topological polar surface area (TPSA) is 49.3 Å². The van der Waals surface area contributed by atoms with Crippen molar-refractivity contribution in [2.45, 2.75) is 6.92 Å². The van der Waals surface area contributed by atoms with Gasteiger partial charge in [0, 0.05) is 25.0 Å². The average Bonchev–Trinajstić information content (AvgIpc) is 2.26. The highest BCUT2D eigenvalue weighted by atomic mass is 32.1. The molecule has 0 aromatic carbocycles. The lowest BCUT2D eigenvalue weighted by Crippen LogP contribution is -2.29. The van der Waals surface area contributed by atoms with Gasteiger partial charge in [-0.2, -0.15) is 5.10 Å². The second-order valence-corrected chi connectivity index (χ2v) is 3.04. The highest BCUT2D eigenvalue weighted by Gasteiger charge is 1.95. The fourth-order valence-electron chi connectivity index (χ4n) is 0.832. The Morgan fingerprint density at radius 1 is 1.57 bits per heavy atom. The quantitative estimate of drug-likeness (QED) is 0.431. The number of thiocarbonyl (C=S) groups is 1. The SMILES string of the molecule is CNC(=S)N/N=C(\C)c1cccnc1. The molecule has 0 aliphatic carbocycles. The molecule has 74 valence electrons. The van der Waals surface area contributed by atoms with Crippen molar-refractivity contribution in [3.63, 3.8) is 0 Å². The molecule has 1 aromatic rings. The van der Waals surface area contributed by atoms with E-state index in [9.17, 15) is 0 Å². The number of hydrogen-bond donors (Lipinski definition) is 2. The molecule has 0 radical (unpaired) electrons. The van der Waals surface area contributed by atoms with E-state index in [4.69, 9.17) is 12.2 Å². The van der Waals surface area contributed by atoms with Gasteiger partial charge in [0.1, 0.15) is 0 Å². The number of rotatable bonds is 2. The van der Waals surface area contributed by atoms with E-state index in [-0.39, 0.29) is 0 Å². The van der Waals surface area contributed by atoms with Crippen LogP contribution in [0.1, 0.15) is 12.5 Å². The molecule has 4 nitrogen and oxygen atoms in total. The molecule has 0 amide bonds. The maximum atomic E-state index is 4.88. The molecule has 0 atom stereocenters. The summed E-state index contributed by atoms with van der Waals surface area (Å²) in [6, 6.07) is 3.81. The first-order valence-corrected chi connectivity index (χ1v) is 4.57. The van der Waals surface area contributed by atoms with Crippen molar-refractivity contribution in [2.24, 2.45) is 5.10 Å². The van der Waals surface area contributed by atoms with Gasteiger partial charge in [-0.3, -0.25) is 10.4 Å². The summed E-state index contributed by atoms with van der Waals surface area (Å²) in [4.78, 5) is 4.00. The Bertz CT molecular complexity index is 334. The Kier molecular flexibility index (Phi) is 4.00. The first-order valence-electron chi connectivity index (χ1n) is 4.16. The maximum absolute atomic E-state index is 4.88. The highest BCUT2D eigenvalue weighted by Crippen LogP contribution is 1.96. The van der Waals surface area contributed by atoms with Crippen molar-refractivity contribution in [3.05, 3.63) is 30.1 Å². The van der Waals surface area contributed by atoms with Gasteiger partial charge in [-0.25, -0.2) is 0 Å². The molecule has 2 N–H and O–H groups in total. The van der Waals surface area contributed by atoms with Gasteiger partial charge in [-0.15, -0.1) is 0 Å². The number of nitrogens with zero attached hydrogens (tertiary/aromatic N) is 2. The third-order valence-electron chi connectivity index (χ3n) is 1.63. The molecule has 5 heteroatoms. The van der Waals surface area contributed by atoms with E-state index in [0.29, 0.717) is 5.11 Å². The molecule has 0 bridgehead atoms. The molecule has 1 rings (SSSR count). The van der Waals surface area contributed by atoms with Crippen LogP contribution in [0.5, 0.6) is 0 Å². The van der Waals surface area contributed by atoms with Crippen molar-refractivity contribution in [2.75, 3.05) is 7.05 Å². The minimum Gasteiger partial charge on any atom is -0.364 e. The summed E-state index contributed by atoms with van der Waals surface area (Å²) in [7, 11) is 1.74. The lowest BCUT2D eigenvalue weighted by atomic mass is 10.2. The normalized spacial score (nSPS) is 10.9. The minimum absolute atomic E-state index is 0.494. The maximum Gasteiger partial charge on any atom is 0.186 e. The van der Waals surface area contributed by atoms with Crippen molar-refractivity contribution in [1.29, 1.82) is 0 Å². The molecule has 0 fully saturated rings. The van der Waals surface area contributed by atoms with Gasteiger partial charge in [-0.05, 0) is 25.2 Å². The molecule has 1 heterocycles. The van der Waals surface area contributed by atoms with Gasteiger partial charge in [0.2, 0.25) is 0 Å². The standard InChI is InChI=1S/C9H12N4S/c1-7(12-13-9(14)10-2)8-4-3-5-11-6-8/h3-6H,1-2H3,(H2,10,13,14)/b12-7+. The first-order chi connectivity index (χ1) is 6.74. The summed E-state index contributed by atoms with van der Waals surface area (Å²) in [6.45, 7) is 1.89. The molecular formula is C9H12N4S. The van der Waals surface area contributed by atoms with E-state index in [1.54, 1.807) is 19.4 Å². The van der Waals surface area contributed by atoms with Gasteiger partial charge in [0.25, 0.3) is 0 Å². The molecule has 14 heavy (non-hydrogen) atoms. The second kappa shape index (κ2) is 5.29. The summed E-state index contributed by atoms with van der Waals surface area (Å²) in [6.07, 6.45) is 3.48. The van der Waals surface area contributed by atoms with Crippen LogP contribution in [0, 0.1) is 0 Å². The summed E-state index contributed by atoms with van der Waals surface area (Å²) in [5, 5.41) is 7.35. The van der Waals surface area contributed by atoms with E-state index in [2.05, 4.69) is 20.8 Å². The largest absolute Gasteiger partial charge is 0.364 e. The van der Waals surface area contributed by atoms with E-state index in [1.807, 2.05) is 19.1 Å². The predicted molar refractivity (Wildman–Crippen MR) is 61.2 cm³/mol. The van der Waals surface area contributed by atoms with Gasteiger partial charge in [-0.1, -0.05) is 6.07 Å². The zero-order valence-corrected chi connectivity index (χ0v) is 8.93. The van der Waals surface area contributed by atoms with E-state index < -0.39 is 0 Å². The summed E-state index contributed by atoms with van der Waals surface area (Å²) < 4.78 is 0. The van der Waals surface area contributed by atoms with E-state index in [1.165, 1.54) is 0 Å². The molecule has 0 saturated carbocycles. The smallest absolute Gasteiger partial charge is 0.186 e. The molecule has 1 aromatic heterocycles. The predicted octanol–water partition coefficient (Wildman–Crippen LogP) is 0.899. The molecule has 0 aliphatic rings. The van der Waals surface area contributed by atoms with Gasteiger partial charge in [0.05, 0.1) is 5.71 Å². The van der Waals surface area contributed by atoms with Crippen LogP contribution in [-0.4, -0.2) is 22.9 Å². The van der Waals surface area contributed by atoms with Gasteiger partial charge >= 0.3 is 0 Å². The number of hydrazone groups is 1. The molecule has 0 saturated heterocycles. The fraction of sp³-hybridized carbons (Fsp3) is 0.222. The van der Waals surface area contributed by atoms with Crippen molar-refractivity contribution in [1.82, 2.24) is 15.7 Å². The molecule has 0 spiro atoms. The van der Waals surface area contributed by atoms with Crippen LogP contribution in [0.4, 0.5) is 0 Å². The van der Waals surface area contributed by atoms with Crippen LogP contribution < -0.4 is 10.7 Å². The number of aromatic nitrogens is 1. The number of pyridine rings is 1. The van der Waals surface area contributed by atoms with Crippen LogP contribution in [0.2, 0.25) is 0 Å². The van der Waals surface area contributed by atoms with Crippen LogP contribution in [-0.2, 0) is 0 Å². The Hall–Kier alpha value is -1.49. The van der Waals surface area contributed by atoms with Crippen molar-refractivity contribution < 1.29 is 0 Å². The lowest BCUT2D eigenvalue weighted by molar-refractivity contribution is 0.973. The van der Waals surface area contributed by atoms with Crippen LogP contribution >= 0.6 is 12.2 Å². The number of nitrogens with one attached hydrogen (secondary N) is 2. The molecular weight excluding hydrogens is 196 g/mol. The zero-order chi connectivity index (χ0) is 10.4. The lowest BCUT2D eigenvalue weighted by Gasteiger charge is -2.03. The summed E-state index contributed by atoms with van der Waals surface area (Å²) >= 11 is 4.88. The Morgan fingerprint density at radius 2 is 2.36 bits per heavy atom. The number of hydrogen-bond acceptors (Lipinski definition) is 3. The van der Waals surface area contributed by atoms with Crippen LogP contribution in [0.15, 0.2) is 29.6 Å². The first kappa shape index (κ1) is 10.6. The summed E-state index contributed by atoms with van der Waals surface area (Å²) in [5.41, 5.74) is 4.53. The average molecular weight is 208 g/mol. The minimum atomic E-state index is 0.494.